The van der Waals surface area contributed by atoms with Crippen LogP contribution in [0.25, 0.3) is 0 Å². The normalized spacial score (nSPS) is 42.8. The number of hydrogen-bond donors (Lipinski definition) is 0. The third kappa shape index (κ3) is 0.920. The number of carbonyl (C=O) groups excluding carboxylic acids is 1. The van der Waals surface area contributed by atoms with Gasteiger partial charge >= 0.3 is 0 Å². The molecule has 3 nitrogen and oxygen atoms in total. The van der Waals surface area contributed by atoms with Crippen molar-refractivity contribution in [2.45, 2.75) is 32.0 Å². The number of ketones is 1. The van der Waals surface area contributed by atoms with Gasteiger partial charge in [-0.25, -0.2) is 0 Å². The quantitative estimate of drug-likeness (QED) is 0.669. The van der Waals surface area contributed by atoms with Crippen molar-refractivity contribution in [3.63, 3.8) is 0 Å². The van der Waals surface area contributed by atoms with E-state index in [9.17, 15) is 4.79 Å². The number of hydrogen-bond acceptors (Lipinski definition) is 3. The number of fused-ring (bicyclic) bond motifs is 2. The summed E-state index contributed by atoms with van der Waals surface area (Å²) < 4.78 is 11.5. The van der Waals surface area contributed by atoms with Crippen LogP contribution in [-0.4, -0.2) is 24.8 Å². The van der Waals surface area contributed by atoms with E-state index in [2.05, 4.69) is 0 Å². The summed E-state index contributed by atoms with van der Waals surface area (Å²) in [5, 5.41) is 0. The standard InChI is InChI=1S/C11H16O3/c1-7(12)6-10-8-2-3-9(8)11(10)13-4-5-14-11/h8-10H,2-6H2,1H3. The van der Waals surface area contributed by atoms with Crippen LogP contribution in [0.5, 0.6) is 0 Å². The minimum Gasteiger partial charge on any atom is -0.347 e. The Morgan fingerprint density at radius 3 is 2.57 bits per heavy atom. The number of Topliss-reactive ketones (excluding diaryl/α,β-unsaturated/α-hetero) is 1. The predicted octanol–water partition coefficient (Wildman–Crippen LogP) is 1.36. The maximum atomic E-state index is 11.2. The molecule has 78 valence electrons. The first-order valence-electron chi connectivity index (χ1n) is 5.51. The molecule has 3 unspecified atom stereocenters. The van der Waals surface area contributed by atoms with Crippen molar-refractivity contribution in [3.8, 4) is 0 Å². The van der Waals surface area contributed by atoms with Crippen molar-refractivity contribution in [2.24, 2.45) is 17.8 Å². The molecule has 3 aliphatic rings. The van der Waals surface area contributed by atoms with Crippen molar-refractivity contribution in [2.75, 3.05) is 13.2 Å². The van der Waals surface area contributed by atoms with Crippen LogP contribution in [0.15, 0.2) is 0 Å². The van der Waals surface area contributed by atoms with E-state index in [1.54, 1.807) is 6.92 Å². The highest BCUT2D eigenvalue weighted by atomic mass is 16.7. The summed E-state index contributed by atoms with van der Waals surface area (Å²) in [7, 11) is 0. The highest BCUT2D eigenvalue weighted by Gasteiger charge is 2.69. The Balaban J connectivity index is 1.78. The van der Waals surface area contributed by atoms with E-state index < -0.39 is 0 Å². The van der Waals surface area contributed by atoms with E-state index in [-0.39, 0.29) is 11.6 Å². The molecule has 0 aromatic rings. The number of carbonyl (C=O) groups is 1. The van der Waals surface area contributed by atoms with Gasteiger partial charge in [-0.05, 0) is 25.7 Å². The largest absolute Gasteiger partial charge is 0.347 e. The molecule has 0 aromatic carbocycles. The molecule has 1 spiro atoms. The van der Waals surface area contributed by atoms with Crippen molar-refractivity contribution in [3.05, 3.63) is 0 Å². The molecule has 0 amide bonds. The summed E-state index contributed by atoms with van der Waals surface area (Å²) in [5.74, 6) is 1.57. The van der Waals surface area contributed by atoms with Crippen molar-refractivity contribution < 1.29 is 14.3 Å². The fourth-order valence-electron chi connectivity index (χ4n) is 3.44. The third-order valence-corrected chi connectivity index (χ3v) is 4.12. The zero-order valence-electron chi connectivity index (χ0n) is 8.49. The molecular formula is C11H16O3. The lowest BCUT2D eigenvalue weighted by Gasteiger charge is -2.63. The summed E-state index contributed by atoms with van der Waals surface area (Å²) in [6.45, 7) is 3.07. The molecule has 0 bridgehead atoms. The minimum absolute atomic E-state index is 0.263. The van der Waals surface area contributed by atoms with Crippen molar-refractivity contribution >= 4 is 5.78 Å². The maximum Gasteiger partial charge on any atom is 0.175 e. The molecule has 3 heteroatoms. The molecule has 0 radical (unpaired) electrons. The van der Waals surface area contributed by atoms with Crippen LogP contribution in [0.3, 0.4) is 0 Å². The van der Waals surface area contributed by atoms with Crippen LogP contribution in [0.1, 0.15) is 26.2 Å². The van der Waals surface area contributed by atoms with E-state index in [0.29, 0.717) is 37.4 Å². The first-order valence-corrected chi connectivity index (χ1v) is 5.51. The van der Waals surface area contributed by atoms with Gasteiger partial charge in [-0.2, -0.15) is 0 Å². The van der Waals surface area contributed by atoms with Crippen molar-refractivity contribution in [1.29, 1.82) is 0 Å². The number of ether oxygens (including phenoxy) is 2. The Bertz CT molecular complexity index is 268. The molecular weight excluding hydrogens is 180 g/mol. The lowest BCUT2D eigenvalue weighted by molar-refractivity contribution is -0.349. The average molecular weight is 196 g/mol. The lowest BCUT2D eigenvalue weighted by atomic mass is 9.48. The van der Waals surface area contributed by atoms with Gasteiger partial charge in [0.25, 0.3) is 0 Å². The van der Waals surface area contributed by atoms with Gasteiger partial charge in [0.1, 0.15) is 5.78 Å². The molecule has 0 N–H and O–H groups in total. The van der Waals surface area contributed by atoms with E-state index in [1.165, 1.54) is 12.8 Å². The second-order valence-electron chi connectivity index (χ2n) is 4.78. The van der Waals surface area contributed by atoms with Gasteiger partial charge in [0.15, 0.2) is 5.79 Å². The zero-order chi connectivity index (χ0) is 9.76. The van der Waals surface area contributed by atoms with Gasteiger partial charge < -0.3 is 14.3 Å². The smallest absolute Gasteiger partial charge is 0.175 e. The fraction of sp³-hybridized carbons (Fsp3) is 0.909. The zero-order valence-corrected chi connectivity index (χ0v) is 8.49. The Labute approximate surface area is 83.8 Å². The van der Waals surface area contributed by atoms with Crippen molar-refractivity contribution in [1.82, 2.24) is 0 Å². The highest BCUT2D eigenvalue weighted by Crippen LogP contribution is 2.64. The van der Waals surface area contributed by atoms with Crippen LogP contribution in [0.4, 0.5) is 0 Å². The fourth-order valence-corrected chi connectivity index (χ4v) is 3.44. The molecule has 14 heavy (non-hydrogen) atoms. The van der Waals surface area contributed by atoms with E-state index >= 15 is 0 Å². The molecule has 2 saturated carbocycles. The highest BCUT2D eigenvalue weighted by molar-refractivity contribution is 5.76. The SMILES string of the molecule is CC(=O)CC1C2CCC2C12OCCO2. The van der Waals surface area contributed by atoms with Crippen LogP contribution < -0.4 is 0 Å². The second kappa shape index (κ2) is 2.80. The van der Waals surface area contributed by atoms with E-state index in [1.807, 2.05) is 0 Å². The predicted molar refractivity (Wildman–Crippen MR) is 49.6 cm³/mol. The topological polar surface area (TPSA) is 35.5 Å². The summed E-state index contributed by atoms with van der Waals surface area (Å²) in [5.41, 5.74) is 0. The third-order valence-electron chi connectivity index (χ3n) is 4.12. The number of rotatable bonds is 2. The van der Waals surface area contributed by atoms with Gasteiger partial charge in [0.05, 0.1) is 13.2 Å². The van der Waals surface area contributed by atoms with E-state index in [4.69, 9.17) is 9.47 Å². The molecule has 3 atom stereocenters. The van der Waals surface area contributed by atoms with E-state index in [0.717, 1.165) is 0 Å². The van der Waals surface area contributed by atoms with Gasteiger partial charge in [-0.1, -0.05) is 0 Å². The molecule has 1 heterocycles. The minimum atomic E-state index is -0.339. The molecule has 0 aromatic heterocycles. The van der Waals surface area contributed by atoms with Crippen LogP contribution >= 0.6 is 0 Å². The summed E-state index contributed by atoms with van der Waals surface area (Å²) in [6.07, 6.45) is 3.12. The van der Waals surface area contributed by atoms with Crippen LogP contribution in [0.2, 0.25) is 0 Å². The lowest BCUT2D eigenvalue weighted by Crippen LogP contribution is -2.68. The molecule has 1 saturated heterocycles. The van der Waals surface area contributed by atoms with Gasteiger partial charge in [-0.3, -0.25) is 0 Å². The molecule has 3 rings (SSSR count). The molecule has 3 fully saturated rings. The second-order valence-corrected chi connectivity index (χ2v) is 4.78. The monoisotopic (exact) mass is 196 g/mol. The Morgan fingerprint density at radius 1 is 1.36 bits per heavy atom. The first kappa shape index (κ1) is 8.86. The average Bonchev–Trinajstić information content (AvgIpc) is 2.51. The van der Waals surface area contributed by atoms with Crippen LogP contribution in [-0.2, 0) is 14.3 Å². The summed E-state index contributed by atoms with van der Waals surface area (Å²) in [6, 6.07) is 0. The maximum absolute atomic E-state index is 11.2. The Morgan fingerprint density at radius 2 is 2.07 bits per heavy atom. The molecule has 1 aliphatic heterocycles. The summed E-state index contributed by atoms with van der Waals surface area (Å²) >= 11 is 0. The summed E-state index contributed by atoms with van der Waals surface area (Å²) in [4.78, 5) is 11.2. The van der Waals surface area contributed by atoms with Gasteiger partial charge in [0.2, 0.25) is 0 Å². The Hall–Kier alpha value is -0.410. The van der Waals surface area contributed by atoms with Gasteiger partial charge in [0, 0.05) is 18.3 Å². The van der Waals surface area contributed by atoms with Gasteiger partial charge in [-0.15, -0.1) is 0 Å². The molecule has 2 aliphatic carbocycles. The van der Waals surface area contributed by atoms with Crippen LogP contribution in [0, 0.1) is 17.8 Å². The Kier molecular flexibility index (Phi) is 1.77. The first-order chi connectivity index (χ1) is 6.74.